The minimum Gasteiger partial charge on any atom is -0.449 e. The number of esters is 1. The van der Waals surface area contributed by atoms with Gasteiger partial charge in [0.15, 0.2) is 6.10 Å². The molecule has 2 aromatic rings. The maximum absolute atomic E-state index is 12.3. The van der Waals surface area contributed by atoms with E-state index in [-0.39, 0.29) is 10.6 Å². The third-order valence-electron chi connectivity index (χ3n) is 4.26. The maximum atomic E-state index is 12.3. The number of amides is 1. The molecule has 0 saturated carbocycles. The van der Waals surface area contributed by atoms with Crippen LogP contribution in [0.25, 0.3) is 0 Å². The van der Waals surface area contributed by atoms with Crippen LogP contribution in [-0.2, 0) is 14.3 Å². The first kappa shape index (κ1) is 19.2. The predicted molar refractivity (Wildman–Crippen MR) is 104 cm³/mol. The van der Waals surface area contributed by atoms with Gasteiger partial charge in [0.05, 0.1) is 23.8 Å². The Kier molecular flexibility index (Phi) is 6.32. The van der Waals surface area contributed by atoms with E-state index in [9.17, 15) is 9.59 Å². The van der Waals surface area contributed by atoms with Crippen LogP contribution in [0.1, 0.15) is 17.3 Å². The van der Waals surface area contributed by atoms with E-state index in [0.717, 1.165) is 18.8 Å². The quantitative estimate of drug-likeness (QED) is 0.795. The van der Waals surface area contributed by atoms with Crippen LogP contribution in [-0.4, -0.2) is 44.3 Å². The molecule has 2 aromatic carbocycles. The summed E-state index contributed by atoms with van der Waals surface area (Å²) in [5.74, 6) is -1.04. The van der Waals surface area contributed by atoms with Crippen LogP contribution in [0.15, 0.2) is 48.5 Å². The number of carbonyl (C=O) groups is 2. The lowest BCUT2D eigenvalue weighted by Crippen LogP contribution is -2.36. The number of morpholine rings is 1. The monoisotopic (exact) mass is 388 g/mol. The molecule has 1 aliphatic rings. The number of rotatable bonds is 5. The molecule has 0 unspecified atom stereocenters. The van der Waals surface area contributed by atoms with Gasteiger partial charge in [0.2, 0.25) is 0 Å². The Morgan fingerprint density at radius 2 is 1.78 bits per heavy atom. The second-order valence-corrected chi connectivity index (χ2v) is 6.57. The van der Waals surface area contributed by atoms with Gasteiger partial charge in [-0.05, 0) is 43.3 Å². The van der Waals surface area contributed by atoms with Crippen LogP contribution in [0.5, 0.6) is 0 Å². The summed E-state index contributed by atoms with van der Waals surface area (Å²) >= 11 is 5.98. The zero-order chi connectivity index (χ0) is 19.2. The summed E-state index contributed by atoms with van der Waals surface area (Å²) in [6, 6.07) is 14.1. The Balaban J connectivity index is 1.56. The van der Waals surface area contributed by atoms with Crippen molar-refractivity contribution in [3.05, 3.63) is 59.1 Å². The lowest BCUT2D eigenvalue weighted by atomic mass is 10.2. The maximum Gasteiger partial charge on any atom is 0.340 e. The highest BCUT2D eigenvalue weighted by atomic mass is 35.5. The van der Waals surface area contributed by atoms with E-state index < -0.39 is 18.0 Å². The normalized spacial score (nSPS) is 15.1. The summed E-state index contributed by atoms with van der Waals surface area (Å²) < 4.78 is 10.6. The number of hydrogen-bond donors (Lipinski definition) is 1. The molecule has 1 atom stereocenters. The molecule has 6 nitrogen and oxygen atoms in total. The second-order valence-electron chi connectivity index (χ2n) is 6.16. The fraction of sp³-hybridized carbons (Fsp3) is 0.300. The molecule has 0 aromatic heterocycles. The van der Waals surface area contributed by atoms with E-state index >= 15 is 0 Å². The van der Waals surface area contributed by atoms with Gasteiger partial charge < -0.3 is 19.7 Å². The van der Waals surface area contributed by atoms with Crippen LogP contribution in [0.2, 0.25) is 5.02 Å². The zero-order valence-electron chi connectivity index (χ0n) is 15.0. The summed E-state index contributed by atoms with van der Waals surface area (Å²) in [5.41, 5.74) is 1.95. The van der Waals surface area contributed by atoms with Crippen LogP contribution in [0.4, 0.5) is 11.4 Å². The average Bonchev–Trinajstić information content (AvgIpc) is 2.69. The van der Waals surface area contributed by atoms with E-state index in [4.69, 9.17) is 21.1 Å². The number of nitrogens with zero attached hydrogens (tertiary/aromatic N) is 1. The summed E-state index contributed by atoms with van der Waals surface area (Å²) in [4.78, 5) is 26.7. The number of anilines is 2. The third-order valence-corrected chi connectivity index (χ3v) is 4.59. The Hall–Kier alpha value is -2.57. The number of halogens is 1. The Bertz CT molecular complexity index is 804. The van der Waals surface area contributed by atoms with Gasteiger partial charge in [-0.3, -0.25) is 4.79 Å². The van der Waals surface area contributed by atoms with Crippen molar-refractivity contribution in [1.82, 2.24) is 0 Å². The van der Waals surface area contributed by atoms with Crippen molar-refractivity contribution in [2.24, 2.45) is 0 Å². The number of nitrogens with one attached hydrogen (secondary N) is 1. The molecular weight excluding hydrogens is 368 g/mol. The topological polar surface area (TPSA) is 67.9 Å². The standard InChI is InChI=1S/C20H21ClN2O4/c1-14(27-20(25)17-4-2-3-5-18(17)21)19(24)22-15-6-8-16(9-7-15)23-10-12-26-13-11-23/h2-9,14H,10-13H2,1H3,(H,22,24)/t14-/m0/s1. The molecular formula is C20H21ClN2O4. The van der Waals surface area contributed by atoms with E-state index in [1.165, 1.54) is 6.92 Å². The Morgan fingerprint density at radius 1 is 1.11 bits per heavy atom. The fourth-order valence-electron chi connectivity index (χ4n) is 2.73. The SMILES string of the molecule is C[C@H](OC(=O)c1ccccc1Cl)C(=O)Nc1ccc(N2CCOCC2)cc1. The number of benzene rings is 2. The average molecular weight is 389 g/mol. The molecule has 1 heterocycles. The lowest BCUT2D eigenvalue weighted by molar-refractivity contribution is -0.123. The molecule has 0 spiro atoms. The highest BCUT2D eigenvalue weighted by molar-refractivity contribution is 6.33. The fourth-order valence-corrected chi connectivity index (χ4v) is 2.94. The van der Waals surface area contributed by atoms with Crippen molar-refractivity contribution >= 4 is 34.9 Å². The van der Waals surface area contributed by atoms with E-state index in [1.807, 2.05) is 24.3 Å². The van der Waals surface area contributed by atoms with Gasteiger partial charge in [-0.1, -0.05) is 23.7 Å². The molecule has 0 aliphatic carbocycles. The van der Waals surface area contributed by atoms with Crippen LogP contribution >= 0.6 is 11.6 Å². The molecule has 1 saturated heterocycles. The van der Waals surface area contributed by atoms with Gasteiger partial charge in [0.1, 0.15) is 0 Å². The molecule has 3 rings (SSSR count). The highest BCUT2D eigenvalue weighted by Gasteiger charge is 2.20. The summed E-state index contributed by atoms with van der Waals surface area (Å²) in [6.07, 6.45) is -0.951. The molecule has 1 fully saturated rings. The van der Waals surface area contributed by atoms with Crippen LogP contribution < -0.4 is 10.2 Å². The molecule has 27 heavy (non-hydrogen) atoms. The van der Waals surface area contributed by atoms with Gasteiger partial charge >= 0.3 is 5.97 Å². The second kappa shape index (κ2) is 8.88. The van der Waals surface area contributed by atoms with Crippen molar-refractivity contribution in [2.45, 2.75) is 13.0 Å². The first-order valence-corrected chi connectivity index (χ1v) is 9.11. The number of ether oxygens (including phenoxy) is 2. The van der Waals surface area contributed by atoms with Crippen LogP contribution in [0.3, 0.4) is 0 Å². The minimum atomic E-state index is -0.951. The Morgan fingerprint density at radius 3 is 2.44 bits per heavy atom. The van der Waals surface area contributed by atoms with E-state index in [0.29, 0.717) is 18.9 Å². The Labute approximate surface area is 163 Å². The molecule has 1 amide bonds. The van der Waals surface area contributed by atoms with Gasteiger partial charge in [-0.2, -0.15) is 0 Å². The molecule has 142 valence electrons. The van der Waals surface area contributed by atoms with Crippen LogP contribution in [0, 0.1) is 0 Å². The number of hydrogen-bond acceptors (Lipinski definition) is 5. The summed E-state index contributed by atoms with van der Waals surface area (Å²) in [6.45, 7) is 4.65. The smallest absolute Gasteiger partial charge is 0.340 e. The van der Waals surface area contributed by atoms with Crippen molar-refractivity contribution in [2.75, 3.05) is 36.5 Å². The zero-order valence-corrected chi connectivity index (χ0v) is 15.7. The molecule has 7 heteroatoms. The minimum absolute atomic E-state index is 0.230. The summed E-state index contributed by atoms with van der Waals surface area (Å²) in [5, 5.41) is 3.04. The predicted octanol–water partition coefficient (Wildman–Crippen LogP) is 3.36. The van der Waals surface area contributed by atoms with E-state index in [2.05, 4.69) is 10.2 Å². The van der Waals surface area contributed by atoms with Gasteiger partial charge in [0.25, 0.3) is 5.91 Å². The first-order chi connectivity index (χ1) is 13.0. The van der Waals surface area contributed by atoms with E-state index in [1.54, 1.807) is 24.3 Å². The van der Waals surface area contributed by atoms with Crippen molar-refractivity contribution in [3.8, 4) is 0 Å². The van der Waals surface area contributed by atoms with Crippen molar-refractivity contribution < 1.29 is 19.1 Å². The third kappa shape index (κ3) is 4.99. The molecule has 0 bridgehead atoms. The van der Waals surface area contributed by atoms with Gasteiger partial charge in [-0.15, -0.1) is 0 Å². The van der Waals surface area contributed by atoms with Crippen molar-refractivity contribution in [3.63, 3.8) is 0 Å². The molecule has 1 N–H and O–H groups in total. The number of carbonyl (C=O) groups excluding carboxylic acids is 2. The summed E-state index contributed by atoms with van der Waals surface area (Å²) in [7, 11) is 0. The molecule has 0 radical (unpaired) electrons. The lowest BCUT2D eigenvalue weighted by Gasteiger charge is -2.28. The van der Waals surface area contributed by atoms with Crippen molar-refractivity contribution in [1.29, 1.82) is 0 Å². The largest absolute Gasteiger partial charge is 0.449 e. The van der Waals surface area contributed by atoms with Gasteiger partial charge in [-0.25, -0.2) is 4.79 Å². The van der Waals surface area contributed by atoms with Gasteiger partial charge in [0, 0.05) is 24.5 Å². The molecule has 1 aliphatic heterocycles. The highest BCUT2D eigenvalue weighted by Crippen LogP contribution is 2.20. The first-order valence-electron chi connectivity index (χ1n) is 8.74.